The molecule has 100 valence electrons. The number of nitrogens with one attached hydrogen (secondary N) is 1. The number of nitrogens with zero attached hydrogens (tertiary/aromatic N) is 2. The summed E-state index contributed by atoms with van der Waals surface area (Å²) in [7, 11) is 0. The number of hydrogen-bond acceptors (Lipinski definition) is 4. The Morgan fingerprint density at radius 3 is 2.79 bits per heavy atom. The van der Waals surface area contributed by atoms with Crippen LogP contribution in [0.5, 0.6) is 0 Å². The lowest BCUT2D eigenvalue weighted by molar-refractivity contribution is -0.384. The highest BCUT2D eigenvalue weighted by Gasteiger charge is 2.17. The summed E-state index contributed by atoms with van der Waals surface area (Å²) >= 11 is 0. The van der Waals surface area contributed by atoms with Gasteiger partial charge < -0.3 is 5.32 Å². The van der Waals surface area contributed by atoms with Gasteiger partial charge in [0.25, 0.3) is 11.6 Å². The van der Waals surface area contributed by atoms with Gasteiger partial charge in [-0.15, -0.1) is 0 Å². The van der Waals surface area contributed by atoms with Crippen molar-refractivity contribution in [3.05, 3.63) is 39.4 Å². The number of amides is 1. The van der Waals surface area contributed by atoms with Gasteiger partial charge in [-0.25, -0.2) is 0 Å². The highest BCUT2D eigenvalue weighted by Crippen LogP contribution is 2.17. The molecule has 0 aromatic heterocycles. The second kappa shape index (κ2) is 6.50. The maximum absolute atomic E-state index is 12.0. The molecule has 19 heavy (non-hydrogen) atoms. The minimum atomic E-state index is -0.539. The van der Waals surface area contributed by atoms with Gasteiger partial charge in [0.1, 0.15) is 0 Å². The predicted octanol–water partition coefficient (Wildman–Crippen LogP) is 2.33. The quantitative estimate of drug-likeness (QED) is 0.649. The first-order valence-electron chi connectivity index (χ1n) is 5.92. The van der Waals surface area contributed by atoms with E-state index >= 15 is 0 Å². The lowest BCUT2D eigenvalue weighted by atomic mass is 10.1. The molecule has 1 atom stereocenters. The van der Waals surface area contributed by atoms with Crippen LogP contribution in [0, 0.1) is 28.4 Å². The fourth-order valence-corrected chi connectivity index (χ4v) is 1.64. The van der Waals surface area contributed by atoms with Gasteiger partial charge in [-0.1, -0.05) is 13.0 Å². The highest BCUT2D eigenvalue weighted by molar-refractivity contribution is 5.96. The average molecular weight is 261 g/mol. The van der Waals surface area contributed by atoms with E-state index in [4.69, 9.17) is 5.26 Å². The van der Waals surface area contributed by atoms with Gasteiger partial charge in [0.15, 0.2) is 0 Å². The van der Waals surface area contributed by atoms with Crippen molar-refractivity contribution in [2.24, 2.45) is 0 Å². The van der Waals surface area contributed by atoms with E-state index < -0.39 is 4.92 Å². The standard InChI is InChI=1S/C13H15N3O3/c1-3-10(6-7-14)15-13(17)12-8-11(16(18)19)5-4-9(12)2/h4-5,8,10H,3,6H2,1-2H3,(H,15,17). The van der Waals surface area contributed by atoms with Crippen LogP contribution < -0.4 is 5.32 Å². The fraction of sp³-hybridized carbons (Fsp3) is 0.385. The highest BCUT2D eigenvalue weighted by atomic mass is 16.6. The van der Waals surface area contributed by atoms with Crippen LogP contribution in [0.3, 0.4) is 0 Å². The molecular formula is C13H15N3O3. The van der Waals surface area contributed by atoms with E-state index in [1.807, 2.05) is 13.0 Å². The third kappa shape index (κ3) is 3.78. The van der Waals surface area contributed by atoms with E-state index in [9.17, 15) is 14.9 Å². The van der Waals surface area contributed by atoms with Crippen molar-refractivity contribution >= 4 is 11.6 Å². The number of nitro groups is 1. The number of benzene rings is 1. The fourth-order valence-electron chi connectivity index (χ4n) is 1.64. The first kappa shape index (κ1) is 14.6. The van der Waals surface area contributed by atoms with Gasteiger partial charge in [-0.3, -0.25) is 14.9 Å². The van der Waals surface area contributed by atoms with Gasteiger partial charge in [0.2, 0.25) is 0 Å². The number of non-ortho nitro benzene ring substituents is 1. The molecular weight excluding hydrogens is 246 g/mol. The van der Waals surface area contributed by atoms with E-state index in [0.717, 1.165) is 0 Å². The average Bonchev–Trinajstić information content (AvgIpc) is 2.38. The predicted molar refractivity (Wildman–Crippen MR) is 69.6 cm³/mol. The SMILES string of the molecule is CCC(CC#N)NC(=O)c1cc([N+](=O)[O-])ccc1C. The van der Waals surface area contributed by atoms with E-state index in [-0.39, 0.29) is 29.6 Å². The van der Waals surface area contributed by atoms with Gasteiger partial charge in [0.05, 0.1) is 17.4 Å². The molecule has 0 saturated heterocycles. The second-order valence-electron chi connectivity index (χ2n) is 4.20. The van der Waals surface area contributed by atoms with E-state index in [0.29, 0.717) is 12.0 Å². The van der Waals surface area contributed by atoms with E-state index in [1.54, 1.807) is 6.92 Å². The Morgan fingerprint density at radius 2 is 2.26 bits per heavy atom. The maximum atomic E-state index is 12.0. The van der Waals surface area contributed by atoms with Crippen LogP contribution in [0.4, 0.5) is 5.69 Å². The minimum absolute atomic E-state index is 0.121. The molecule has 0 heterocycles. The Labute approximate surface area is 111 Å². The van der Waals surface area contributed by atoms with Crippen LogP contribution in [0.25, 0.3) is 0 Å². The molecule has 0 radical (unpaired) electrons. The topological polar surface area (TPSA) is 96.0 Å². The minimum Gasteiger partial charge on any atom is -0.348 e. The van der Waals surface area contributed by atoms with Gasteiger partial charge in [-0.2, -0.15) is 5.26 Å². The molecule has 6 heteroatoms. The molecule has 0 spiro atoms. The van der Waals surface area contributed by atoms with Crippen LogP contribution >= 0.6 is 0 Å². The van der Waals surface area contributed by atoms with Gasteiger partial charge in [0, 0.05) is 23.7 Å². The molecule has 1 rings (SSSR count). The molecule has 0 aliphatic carbocycles. The van der Waals surface area contributed by atoms with Crippen molar-refractivity contribution in [3.8, 4) is 6.07 Å². The smallest absolute Gasteiger partial charge is 0.270 e. The molecule has 1 aromatic rings. The largest absolute Gasteiger partial charge is 0.348 e. The zero-order chi connectivity index (χ0) is 14.4. The third-order valence-electron chi connectivity index (χ3n) is 2.84. The molecule has 6 nitrogen and oxygen atoms in total. The molecule has 1 aromatic carbocycles. The van der Waals surface area contributed by atoms with Crippen molar-refractivity contribution in [2.75, 3.05) is 0 Å². The first-order valence-corrected chi connectivity index (χ1v) is 5.92. The Hall–Kier alpha value is -2.42. The molecule has 0 aliphatic heterocycles. The van der Waals surface area contributed by atoms with E-state index in [2.05, 4.69) is 5.32 Å². The van der Waals surface area contributed by atoms with Gasteiger partial charge in [-0.05, 0) is 18.9 Å². The maximum Gasteiger partial charge on any atom is 0.270 e. The summed E-state index contributed by atoms with van der Waals surface area (Å²) in [5.74, 6) is -0.386. The number of nitro benzene ring substituents is 1. The van der Waals surface area contributed by atoms with Crippen molar-refractivity contribution in [1.29, 1.82) is 5.26 Å². The molecule has 1 unspecified atom stereocenters. The Morgan fingerprint density at radius 1 is 1.58 bits per heavy atom. The Kier molecular flexibility index (Phi) is 5.01. The number of rotatable bonds is 5. The van der Waals surface area contributed by atoms with Crippen molar-refractivity contribution in [1.82, 2.24) is 5.32 Å². The zero-order valence-electron chi connectivity index (χ0n) is 10.8. The van der Waals surface area contributed by atoms with Crippen LogP contribution in [0.15, 0.2) is 18.2 Å². The van der Waals surface area contributed by atoms with Crippen molar-refractivity contribution in [3.63, 3.8) is 0 Å². The summed E-state index contributed by atoms with van der Waals surface area (Å²) in [5.41, 5.74) is 0.810. The van der Waals surface area contributed by atoms with Crippen LogP contribution in [0.2, 0.25) is 0 Å². The van der Waals surface area contributed by atoms with Crippen molar-refractivity contribution in [2.45, 2.75) is 32.7 Å². The zero-order valence-corrected chi connectivity index (χ0v) is 10.8. The first-order chi connectivity index (χ1) is 8.99. The van der Waals surface area contributed by atoms with Gasteiger partial charge >= 0.3 is 0 Å². The lowest BCUT2D eigenvalue weighted by Crippen LogP contribution is -2.34. The molecule has 0 fully saturated rings. The lowest BCUT2D eigenvalue weighted by Gasteiger charge is -2.14. The number of hydrogen-bond donors (Lipinski definition) is 1. The molecule has 1 amide bonds. The number of aryl methyl sites for hydroxylation is 1. The van der Waals surface area contributed by atoms with E-state index in [1.165, 1.54) is 18.2 Å². The number of carbonyl (C=O) groups is 1. The van der Waals surface area contributed by atoms with Crippen LogP contribution in [-0.4, -0.2) is 16.9 Å². The summed E-state index contributed by atoms with van der Waals surface area (Å²) in [6.45, 7) is 3.58. The number of nitriles is 1. The summed E-state index contributed by atoms with van der Waals surface area (Å²) in [4.78, 5) is 22.2. The monoisotopic (exact) mass is 261 g/mol. The van der Waals surface area contributed by atoms with Crippen LogP contribution in [0.1, 0.15) is 35.7 Å². The normalized spacial score (nSPS) is 11.4. The Bertz CT molecular complexity index is 534. The molecule has 0 aliphatic rings. The van der Waals surface area contributed by atoms with Crippen LogP contribution in [-0.2, 0) is 0 Å². The summed E-state index contributed by atoms with van der Waals surface area (Å²) in [6.07, 6.45) is 0.851. The number of carbonyl (C=O) groups excluding carboxylic acids is 1. The van der Waals surface area contributed by atoms with Crippen molar-refractivity contribution < 1.29 is 9.72 Å². The second-order valence-corrected chi connectivity index (χ2v) is 4.20. The Balaban J connectivity index is 2.96. The molecule has 0 saturated carbocycles. The third-order valence-corrected chi connectivity index (χ3v) is 2.84. The summed E-state index contributed by atoms with van der Waals surface area (Å²) < 4.78 is 0. The summed E-state index contributed by atoms with van der Waals surface area (Å²) in [5, 5.41) is 22.0. The molecule has 0 bridgehead atoms. The molecule has 1 N–H and O–H groups in total. The summed E-state index contributed by atoms with van der Waals surface area (Å²) in [6, 6.07) is 5.91.